The van der Waals surface area contributed by atoms with Crippen LogP contribution in [-0.2, 0) is 11.3 Å². The molecule has 1 rings (SSSR count). The summed E-state index contributed by atoms with van der Waals surface area (Å²) < 4.78 is 0.340. The molecule has 0 heterocycles. The van der Waals surface area contributed by atoms with E-state index >= 15 is 0 Å². The topological polar surface area (TPSA) is 83.7 Å². The standard InChI is InChI=1S/C12H11BrN2O4/c1-2-6-14(8-11(16)17)7-9-4-3-5-10(12(9)13)15(18)19/h1,3-5H,6-8H2,(H,16,17). The number of hydrogen-bond donors (Lipinski definition) is 1. The monoisotopic (exact) mass is 326 g/mol. The van der Waals surface area contributed by atoms with Gasteiger partial charge in [0.2, 0.25) is 0 Å². The van der Waals surface area contributed by atoms with Gasteiger partial charge in [-0.15, -0.1) is 6.42 Å². The molecule has 0 fully saturated rings. The lowest BCUT2D eigenvalue weighted by Crippen LogP contribution is -2.29. The highest BCUT2D eigenvalue weighted by Gasteiger charge is 2.17. The summed E-state index contributed by atoms with van der Waals surface area (Å²) in [6.07, 6.45) is 5.17. The number of carbonyl (C=O) groups is 1. The number of rotatable bonds is 6. The van der Waals surface area contributed by atoms with E-state index in [2.05, 4.69) is 21.9 Å². The number of terminal acetylenes is 1. The maximum absolute atomic E-state index is 10.8. The van der Waals surface area contributed by atoms with E-state index in [9.17, 15) is 14.9 Å². The van der Waals surface area contributed by atoms with Gasteiger partial charge in [0, 0.05) is 12.6 Å². The quantitative estimate of drug-likeness (QED) is 0.490. The number of nitro groups is 1. The molecule has 0 spiro atoms. The predicted octanol–water partition coefficient (Wildman–Crippen LogP) is 1.88. The summed E-state index contributed by atoms with van der Waals surface area (Å²) in [6.45, 7) is 0.152. The zero-order chi connectivity index (χ0) is 14.4. The van der Waals surface area contributed by atoms with Crippen molar-refractivity contribution in [1.82, 2.24) is 4.90 Å². The molecule has 0 aliphatic rings. The van der Waals surface area contributed by atoms with Gasteiger partial charge in [-0.05, 0) is 21.5 Å². The number of hydrogen-bond acceptors (Lipinski definition) is 4. The number of halogens is 1. The minimum Gasteiger partial charge on any atom is -0.480 e. The van der Waals surface area contributed by atoms with Crippen LogP contribution in [0, 0.1) is 22.5 Å². The lowest BCUT2D eigenvalue weighted by molar-refractivity contribution is -0.385. The molecule has 0 saturated carbocycles. The maximum Gasteiger partial charge on any atom is 0.317 e. The summed E-state index contributed by atoms with van der Waals surface area (Å²) in [4.78, 5) is 22.5. The maximum atomic E-state index is 10.8. The molecule has 19 heavy (non-hydrogen) atoms. The van der Waals surface area contributed by atoms with Gasteiger partial charge in [-0.3, -0.25) is 19.8 Å². The molecule has 0 aliphatic heterocycles. The van der Waals surface area contributed by atoms with Crippen molar-refractivity contribution in [3.8, 4) is 12.3 Å². The highest BCUT2D eigenvalue weighted by atomic mass is 79.9. The first-order chi connectivity index (χ1) is 8.95. The molecule has 1 aromatic rings. The molecule has 1 aromatic carbocycles. The molecular weight excluding hydrogens is 316 g/mol. The van der Waals surface area contributed by atoms with Gasteiger partial charge in [-0.25, -0.2) is 0 Å². The minimum atomic E-state index is -1.00. The Labute approximate surface area is 118 Å². The molecule has 0 aromatic heterocycles. The van der Waals surface area contributed by atoms with Gasteiger partial charge in [0.25, 0.3) is 5.69 Å². The van der Waals surface area contributed by atoms with Crippen molar-refractivity contribution in [2.24, 2.45) is 0 Å². The number of aliphatic carboxylic acids is 1. The number of nitro benzene ring substituents is 1. The second-order valence-corrected chi connectivity index (χ2v) is 4.54. The van der Waals surface area contributed by atoms with E-state index in [1.807, 2.05) is 0 Å². The zero-order valence-electron chi connectivity index (χ0n) is 9.88. The molecule has 1 N–H and O–H groups in total. The van der Waals surface area contributed by atoms with Crippen LogP contribution in [0.25, 0.3) is 0 Å². The second-order valence-electron chi connectivity index (χ2n) is 3.75. The first-order valence-corrected chi connectivity index (χ1v) is 6.04. The van der Waals surface area contributed by atoms with Crippen molar-refractivity contribution in [3.05, 3.63) is 38.3 Å². The number of carboxylic acid groups (broad SMARTS) is 1. The third-order valence-electron chi connectivity index (χ3n) is 2.32. The van der Waals surface area contributed by atoms with Crippen molar-refractivity contribution in [1.29, 1.82) is 0 Å². The van der Waals surface area contributed by atoms with Gasteiger partial charge in [-0.1, -0.05) is 18.1 Å². The molecule has 0 saturated heterocycles. The van der Waals surface area contributed by atoms with E-state index in [1.54, 1.807) is 12.1 Å². The molecule has 7 heteroatoms. The van der Waals surface area contributed by atoms with Crippen LogP contribution < -0.4 is 0 Å². The van der Waals surface area contributed by atoms with Crippen molar-refractivity contribution >= 4 is 27.6 Å². The number of benzene rings is 1. The van der Waals surface area contributed by atoms with Crippen LogP contribution in [0.5, 0.6) is 0 Å². The summed E-state index contributed by atoms with van der Waals surface area (Å²) in [6, 6.07) is 4.60. The van der Waals surface area contributed by atoms with Crippen LogP contribution in [0.3, 0.4) is 0 Å². The summed E-state index contributed by atoms with van der Waals surface area (Å²) in [5, 5.41) is 19.6. The molecule has 0 aliphatic carbocycles. The third kappa shape index (κ3) is 4.35. The van der Waals surface area contributed by atoms with Crippen molar-refractivity contribution in [2.45, 2.75) is 6.54 Å². The molecule has 0 atom stereocenters. The summed E-state index contributed by atoms with van der Waals surface area (Å²) >= 11 is 3.16. The van der Waals surface area contributed by atoms with Gasteiger partial charge in [0.1, 0.15) is 0 Å². The fourth-order valence-corrected chi connectivity index (χ4v) is 2.09. The molecule has 6 nitrogen and oxygen atoms in total. The lowest BCUT2D eigenvalue weighted by Gasteiger charge is -2.18. The van der Waals surface area contributed by atoms with Crippen molar-refractivity contribution < 1.29 is 14.8 Å². The molecule has 0 unspecified atom stereocenters. The van der Waals surface area contributed by atoms with Crippen LogP contribution in [0.4, 0.5) is 5.69 Å². The Hall–Kier alpha value is -1.91. The summed E-state index contributed by atoms with van der Waals surface area (Å²) in [7, 11) is 0. The predicted molar refractivity (Wildman–Crippen MR) is 72.5 cm³/mol. The number of carboxylic acids is 1. The summed E-state index contributed by atoms with van der Waals surface area (Å²) in [5.74, 6) is 1.36. The SMILES string of the molecule is C#CCN(CC(=O)O)Cc1cccc([N+](=O)[O-])c1Br. The van der Waals surface area contributed by atoms with Gasteiger partial charge < -0.3 is 5.11 Å². The molecular formula is C12H11BrN2O4. The van der Waals surface area contributed by atoms with Crippen molar-refractivity contribution in [3.63, 3.8) is 0 Å². The Balaban J connectivity index is 2.97. The van der Waals surface area contributed by atoms with E-state index < -0.39 is 10.9 Å². The Morgan fingerprint density at radius 1 is 1.58 bits per heavy atom. The fraction of sp³-hybridized carbons (Fsp3) is 0.250. The fourth-order valence-electron chi connectivity index (χ4n) is 1.56. The van der Waals surface area contributed by atoms with Gasteiger partial charge >= 0.3 is 5.97 Å². The average molecular weight is 327 g/mol. The second kappa shape index (κ2) is 6.87. The highest BCUT2D eigenvalue weighted by Crippen LogP contribution is 2.28. The summed E-state index contributed by atoms with van der Waals surface area (Å²) in [5.41, 5.74) is 0.555. The van der Waals surface area contributed by atoms with Crippen LogP contribution >= 0.6 is 15.9 Å². The average Bonchev–Trinajstić information content (AvgIpc) is 2.31. The van der Waals surface area contributed by atoms with Crippen molar-refractivity contribution in [2.75, 3.05) is 13.1 Å². The third-order valence-corrected chi connectivity index (χ3v) is 3.24. The van der Waals surface area contributed by atoms with Crippen LogP contribution in [0.2, 0.25) is 0 Å². The Bertz CT molecular complexity index is 539. The normalized spacial score (nSPS) is 10.2. The van der Waals surface area contributed by atoms with Gasteiger partial charge in [0.15, 0.2) is 0 Å². The Morgan fingerprint density at radius 3 is 2.79 bits per heavy atom. The first kappa shape index (κ1) is 15.1. The highest BCUT2D eigenvalue weighted by molar-refractivity contribution is 9.10. The van der Waals surface area contributed by atoms with E-state index in [4.69, 9.17) is 11.5 Å². The van der Waals surface area contributed by atoms with Gasteiger partial charge in [-0.2, -0.15) is 0 Å². The van der Waals surface area contributed by atoms with Crippen LogP contribution in [0.15, 0.2) is 22.7 Å². The minimum absolute atomic E-state index is 0.0616. The van der Waals surface area contributed by atoms with Gasteiger partial charge in [0.05, 0.1) is 22.5 Å². The lowest BCUT2D eigenvalue weighted by atomic mass is 10.2. The smallest absolute Gasteiger partial charge is 0.317 e. The van der Waals surface area contributed by atoms with E-state index in [0.717, 1.165) is 0 Å². The Morgan fingerprint density at radius 2 is 2.26 bits per heavy atom. The van der Waals surface area contributed by atoms with E-state index in [0.29, 0.717) is 10.0 Å². The van der Waals surface area contributed by atoms with Crippen LogP contribution in [-0.4, -0.2) is 34.0 Å². The largest absolute Gasteiger partial charge is 0.480 e. The molecule has 0 amide bonds. The molecule has 100 valence electrons. The van der Waals surface area contributed by atoms with E-state index in [-0.39, 0.29) is 25.3 Å². The Kier molecular flexibility index (Phi) is 5.48. The molecule has 0 radical (unpaired) electrons. The first-order valence-electron chi connectivity index (χ1n) is 5.25. The van der Waals surface area contributed by atoms with E-state index in [1.165, 1.54) is 11.0 Å². The molecule has 0 bridgehead atoms. The zero-order valence-corrected chi connectivity index (χ0v) is 11.5. The number of nitrogens with zero attached hydrogens (tertiary/aromatic N) is 2. The van der Waals surface area contributed by atoms with Crippen LogP contribution in [0.1, 0.15) is 5.56 Å².